The Bertz CT molecular complexity index is 1910. The van der Waals surface area contributed by atoms with Crippen LogP contribution in [0.3, 0.4) is 0 Å². The summed E-state index contributed by atoms with van der Waals surface area (Å²) < 4.78 is 7.57. The number of nitrogens with zero attached hydrogens (tertiary/aromatic N) is 6. The number of methoxy groups -OCH3 is 1. The van der Waals surface area contributed by atoms with Crippen LogP contribution in [-0.4, -0.2) is 80.4 Å². The van der Waals surface area contributed by atoms with Crippen LogP contribution in [0.2, 0.25) is 0 Å². The fraction of sp³-hybridized carbons (Fsp3) is 0.429. The number of rotatable bonds is 8. The highest BCUT2D eigenvalue weighted by atomic mass is 16.5. The van der Waals surface area contributed by atoms with Crippen molar-refractivity contribution in [1.82, 2.24) is 29.4 Å². The first kappa shape index (κ1) is 29.4. The Morgan fingerprint density at radius 2 is 1.96 bits per heavy atom. The predicted molar refractivity (Wildman–Crippen MR) is 176 cm³/mol. The molecule has 12 heteroatoms. The molecular formula is C35H38N8O4. The van der Waals surface area contributed by atoms with Crippen molar-refractivity contribution in [1.29, 1.82) is 0 Å². The fourth-order valence-corrected chi connectivity index (χ4v) is 7.30. The third-order valence-corrected chi connectivity index (χ3v) is 10.1. The van der Waals surface area contributed by atoms with Crippen molar-refractivity contribution < 1.29 is 19.1 Å². The van der Waals surface area contributed by atoms with Gasteiger partial charge in [0, 0.05) is 68.0 Å². The topological polar surface area (TPSA) is 134 Å². The molecule has 2 N–H and O–H groups in total. The second kappa shape index (κ2) is 11.4. The van der Waals surface area contributed by atoms with Crippen molar-refractivity contribution in [2.45, 2.75) is 50.9 Å². The van der Waals surface area contributed by atoms with Crippen LogP contribution in [0, 0.1) is 11.8 Å². The Hall–Kier alpha value is -5.00. The number of piperidine rings is 1. The fourth-order valence-electron chi connectivity index (χ4n) is 7.30. The number of amides is 3. The summed E-state index contributed by atoms with van der Waals surface area (Å²) in [5.74, 6) is 1.69. The number of anilines is 3. The first-order chi connectivity index (χ1) is 22.8. The first-order valence-electron chi connectivity index (χ1n) is 16.5. The Morgan fingerprint density at radius 1 is 1.11 bits per heavy atom. The maximum Gasteiger partial charge on any atom is 0.254 e. The van der Waals surface area contributed by atoms with Gasteiger partial charge < -0.3 is 19.9 Å². The normalized spacial score (nSPS) is 19.9. The van der Waals surface area contributed by atoms with E-state index in [1.807, 2.05) is 40.1 Å². The smallest absolute Gasteiger partial charge is 0.254 e. The van der Waals surface area contributed by atoms with Gasteiger partial charge in [-0.25, -0.2) is 9.50 Å². The maximum absolute atomic E-state index is 13.8. The van der Waals surface area contributed by atoms with Gasteiger partial charge in [0.15, 0.2) is 11.5 Å². The summed E-state index contributed by atoms with van der Waals surface area (Å²) in [5.41, 5.74) is 4.88. The van der Waals surface area contributed by atoms with E-state index in [4.69, 9.17) is 4.74 Å². The van der Waals surface area contributed by atoms with Gasteiger partial charge >= 0.3 is 0 Å². The van der Waals surface area contributed by atoms with E-state index in [9.17, 15) is 14.4 Å². The number of carbonyl (C=O) groups is 3. The number of aromatic nitrogens is 4. The number of fused-ring (bicyclic) bond motifs is 3. The molecule has 1 spiro atoms. The van der Waals surface area contributed by atoms with Gasteiger partial charge in [-0.2, -0.15) is 4.98 Å². The van der Waals surface area contributed by atoms with Crippen molar-refractivity contribution in [3.8, 4) is 16.9 Å². The first-order valence-corrected chi connectivity index (χ1v) is 16.5. The van der Waals surface area contributed by atoms with Crippen LogP contribution in [-0.2, 0) is 15.0 Å². The van der Waals surface area contributed by atoms with Gasteiger partial charge in [-0.15, -0.1) is 5.10 Å². The van der Waals surface area contributed by atoms with Crippen molar-refractivity contribution in [3.63, 3.8) is 0 Å². The molecule has 2 aliphatic heterocycles. The van der Waals surface area contributed by atoms with Crippen molar-refractivity contribution in [3.05, 3.63) is 59.9 Å². The number of likely N-dealkylation sites (tertiary alicyclic amines) is 1. The van der Waals surface area contributed by atoms with Crippen molar-refractivity contribution in [2.24, 2.45) is 11.8 Å². The lowest BCUT2D eigenvalue weighted by Gasteiger charge is -2.39. The van der Waals surface area contributed by atoms with Crippen LogP contribution >= 0.6 is 0 Å². The lowest BCUT2D eigenvalue weighted by atomic mass is 9.83. The minimum atomic E-state index is -0.0777. The highest BCUT2D eigenvalue weighted by Gasteiger charge is 2.51. The van der Waals surface area contributed by atoms with E-state index in [1.54, 1.807) is 30.9 Å². The zero-order valence-electron chi connectivity index (χ0n) is 26.7. The summed E-state index contributed by atoms with van der Waals surface area (Å²) in [6.45, 7) is 4.56. The third kappa shape index (κ3) is 5.45. The molecule has 3 amide bonds. The molecular weight excluding hydrogens is 596 g/mol. The number of para-hydroxylation sites is 1. The van der Waals surface area contributed by atoms with Gasteiger partial charge in [0.2, 0.25) is 17.8 Å². The quantitative estimate of drug-likeness (QED) is 0.287. The average Bonchev–Trinajstić information content (AvgIpc) is 4.01. The molecule has 2 aromatic carbocycles. The highest BCUT2D eigenvalue weighted by Crippen LogP contribution is 2.53. The summed E-state index contributed by atoms with van der Waals surface area (Å²) in [5, 5.41) is 10.6. The van der Waals surface area contributed by atoms with Gasteiger partial charge in [0.1, 0.15) is 5.75 Å². The molecule has 2 aliphatic carbocycles. The third-order valence-electron chi connectivity index (χ3n) is 10.1. The van der Waals surface area contributed by atoms with Crippen LogP contribution in [0.4, 0.5) is 17.5 Å². The van der Waals surface area contributed by atoms with E-state index in [1.165, 1.54) is 0 Å². The van der Waals surface area contributed by atoms with Gasteiger partial charge in [0.05, 0.1) is 12.8 Å². The Kier molecular flexibility index (Phi) is 7.11. The Labute approximate surface area is 272 Å². The second-order valence-corrected chi connectivity index (χ2v) is 13.5. The van der Waals surface area contributed by atoms with Crippen molar-refractivity contribution in [2.75, 3.05) is 43.9 Å². The average molecular weight is 635 g/mol. The predicted octanol–water partition coefficient (Wildman–Crippen LogP) is 4.64. The van der Waals surface area contributed by atoms with Crippen molar-refractivity contribution >= 4 is 40.8 Å². The van der Waals surface area contributed by atoms with Crippen LogP contribution < -0.4 is 15.4 Å². The molecule has 0 bridgehead atoms. The Morgan fingerprint density at radius 3 is 2.72 bits per heavy atom. The summed E-state index contributed by atoms with van der Waals surface area (Å²) in [6.07, 6.45) is 9.21. The summed E-state index contributed by atoms with van der Waals surface area (Å²) in [7, 11) is 1.64. The number of ether oxygens (including phenoxy) is 1. The minimum Gasteiger partial charge on any atom is -0.494 e. The lowest BCUT2D eigenvalue weighted by Crippen LogP contribution is -2.48. The van der Waals surface area contributed by atoms with Gasteiger partial charge in [-0.05, 0) is 73.8 Å². The molecule has 1 unspecified atom stereocenters. The molecule has 2 saturated carbocycles. The standard InChI is InChI=1S/C35H38N8O4/c1-21(44)41-15-4-5-22(18-41)19-42-20-35(12-13-35)27-17-24(10-11-26(27)33(42)46)25-6-3-7-28(29(25)47-2)37-30-31-36-14-16-43(31)40-34(38-30)39-32(45)23-8-9-23/h3,6-7,10-11,14,16-17,22-23H,4-5,8-9,12-13,15,18-20H2,1-2H3,(H2,37,38,39,40,45). The van der Waals surface area contributed by atoms with Gasteiger partial charge in [-0.3, -0.25) is 19.7 Å². The monoisotopic (exact) mass is 634 g/mol. The molecule has 242 valence electrons. The SMILES string of the molecule is COc1c(Nc2nc(NC(=O)C3CC3)nn3ccnc23)cccc1-c1ccc2c(c1)C1(CC1)CN(CC1CCCN(C(C)=O)C1)C2=O. The molecule has 1 saturated heterocycles. The number of imidazole rings is 1. The number of carbonyl (C=O) groups excluding carboxylic acids is 3. The van der Waals surface area contributed by atoms with E-state index in [0.29, 0.717) is 41.9 Å². The number of hydrogen-bond acceptors (Lipinski definition) is 8. The van der Waals surface area contributed by atoms with Crippen LogP contribution in [0.15, 0.2) is 48.8 Å². The minimum absolute atomic E-state index is 0.0191. The molecule has 4 aliphatic rings. The molecule has 12 nitrogen and oxygen atoms in total. The highest BCUT2D eigenvalue weighted by molar-refractivity contribution is 5.99. The van der Waals surface area contributed by atoms with E-state index in [2.05, 4.69) is 31.8 Å². The maximum atomic E-state index is 13.8. The molecule has 3 fully saturated rings. The molecule has 8 rings (SSSR count). The largest absolute Gasteiger partial charge is 0.494 e. The zero-order valence-corrected chi connectivity index (χ0v) is 26.7. The molecule has 47 heavy (non-hydrogen) atoms. The molecule has 4 heterocycles. The van der Waals surface area contributed by atoms with E-state index >= 15 is 0 Å². The summed E-state index contributed by atoms with van der Waals surface area (Å²) >= 11 is 0. The molecule has 0 radical (unpaired) electrons. The van der Waals surface area contributed by atoms with E-state index in [-0.39, 0.29) is 35.0 Å². The van der Waals surface area contributed by atoms with E-state index < -0.39 is 0 Å². The summed E-state index contributed by atoms with van der Waals surface area (Å²) in [6, 6.07) is 12.0. The number of benzene rings is 2. The van der Waals surface area contributed by atoms with Crippen LogP contribution in [0.1, 0.15) is 61.4 Å². The zero-order chi connectivity index (χ0) is 32.3. The lowest BCUT2D eigenvalue weighted by molar-refractivity contribution is -0.130. The van der Waals surface area contributed by atoms with Crippen LogP contribution in [0.25, 0.3) is 16.8 Å². The second-order valence-electron chi connectivity index (χ2n) is 13.5. The molecule has 4 aromatic rings. The van der Waals surface area contributed by atoms with Gasteiger partial charge in [-0.1, -0.05) is 18.2 Å². The van der Waals surface area contributed by atoms with Gasteiger partial charge in [0.25, 0.3) is 5.91 Å². The van der Waals surface area contributed by atoms with Crippen LogP contribution in [0.5, 0.6) is 5.75 Å². The number of nitrogens with one attached hydrogen (secondary N) is 2. The molecule has 2 aromatic heterocycles. The Balaban J connectivity index is 1.08. The molecule has 1 atom stereocenters. The number of hydrogen-bond donors (Lipinski definition) is 2. The van der Waals surface area contributed by atoms with E-state index in [0.717, 1.165) is 73.9 Å². The summed E-state index contributed by atoms with van der Waals surface area (Å²) in [4.78, 5) is 51.3.